The number of rotatable bonds is 5. The summed E-state index contributed by atoms with van der Waals surface area (Å²) in [6.45, 7) is 0. The molecule has 4 rings (SSSR count). The van der Waals surface area contributed by atoms with Crippen LogP contribution in [0.4, 0.5) is 0 Å². The van der Waals surface area contributed by atoms with Crippen molar-refractivity contribution in [1.29, 1.82) is 0 Å². The predicted octanol–water partition coefficient (Wildman–Crippen LogP) is 4.12. The summed E-state index contributed by atoms with van der Waals surface area (Å²) < 4.78 is 39.6. The van der Waals surface area contributed by atoms with E-state index in [-0.39, 0.29) is 23.1 Å². The Morgan fingerprint density at radius 1 is 0.923 bits per heavy atom. The van der Waals surface area contributed by atoms with Gasteiger partial charge in [0.25, 0.3) is 0 Å². The number of benzene rings is 2. The summed E-state index contributed by atoms with van der Waals surface area (Å²) in [6, 6.07) is 13.3. The molecule has 2 saturated heterocycles. The zero-order chi connectivity index (χ0) is 18.1. The highest BCUT2D eigenvalue weighted by Crippen LogP contribution is 2.33. The van der Waals surface area contributed by atoms with Gasteiger partial charge >= 0.3 is 0 Å². The van der Waals surface area contributed by atoms with Gasteiger partial charge in [0, 0.05) is 11.1 Å². The van der Waals surface area contributed by atoms with E-state index in [1.165, 1.54) is 0 Å². The number of halogens is 1. The highest BCUT2D eigenvalue weighted by molar-refractivity contribution is 7.89. The molecule has 0 spiro atoms. The highest BCUT2D eigenvalue weighted by Gasteiger charge is 2.36. The van der Waals surface area contributed by atoms with Crippen LogP contribution in [0.3, 0.4) is 0 Å². The van der Waals surface area contributed by atoms with E-state index in [9.17, 15) is 8.42 Å². The maximum atomic E-state index is 12.6. The van der Waals surface area contributed by atoms with Crippen molar-refractivity contribution in [1.82, 2.24) is 4.72 Å². The Morgan fingerprint density at radius 2 is 1.46 bits per heavy atom. The van der Waals surface area contributed by atoms with Gasteiger partial charge in [0.15, 0.2) is 0 Å². The van der Waals surface area contributed by atoms with Crippen molar-refractivity contribution in [2.75, 3.05) is 0 Å². The summed E-state index contributed by atoms with van der Waals surface area (Å²) in [6.07, 6.45) is 3.92. The van der Waals surface area contributed by atoms with Crippen LogP contribution in [-0.4, -0.2) is 26.7 Å². The molecular weight excluding hydrogens is 374 g/mol. The summed E-state index contributed by atoms with van der Waals surface area (Å²) in [5.41, 5.74) is 0. The number of ether oxygens (including phenoxy) is 2. The van der Waals surface area contributed by atoms with Gasteiger partial charge in [0.05, 0.1) is 17.1 Å². The van der Waals surface area contributed by atoms with E-state index in [2.05, 4.69) is 4.72 Å². The molecule has 5 nitrogen and oxygen atoms in total. The summed E-state index contributed by atoms with van der Waals surface area (Å²) in [7, 11) is -3.55. The van der Waals surface area contributed by atoms with Crippen LogP contribution in [0.1, 0.15) is 25.7 Å². The van der Waals surface area contributed by atoms with E-state index in [1.807, 2.05) is 0 Å². The molecule has 0 amide bonds. The fourth-order valence-electron chi connectivity index (χ4n) is 3.57. The minimum absolute atomic E-state index is 0.0590. The first kappa shape index (κ1) is 17.8. The maximum Gasteiger partial charge on any atom is 0.240 e. The lowest BCUT2D eigenvalue weighted by Gasteiger charge is -2.28. The zero-order valence-electron chi connectivity index (χ0n) is 14.1. The lowest BCUT2D eigenvalue weighted by molar-refractivity contribution is -0.00492. The maximum absolute atomic E-state index is 12.6. The molecule has 2 fully saturated rings. The van der Waals surface area contributed by atoms with Gasteiger partial charge in [-0.15, -0.1) is 0 Å². The lowest BCUT2D eigenvalue weighted by Crippen LogP contribution is -2.42. The number of fused-ring (bicyclic) bond motifs is 2. The van der Waals surface area contributed by atoms with Crippen LogP contribution in [0.25, 0.3) is 0 Å². The average Bonchev–Trinajstić information content (AvgIpc) is 2.96. The van der Waals surface area contributed by atoms with E-state index >= 15 is 0 Å². The van der Waals surface area contributed by atoms with Crippen molar-refractivity contribution in [3.63, 3.8) is 0 Å². The van der Waals surface area contributed by atoms with Gasteiger partial charge in [0.1, 0.15) is 11.5 Å². The van der Waals surface area contributed by atoms with Crippen molar-refractivity contribution < 1.29 is 17.9 Å². The molecule has 2 aromatic carbocycles. The van der Waals surface area contributed by atoms with Crippen LogP contribution in [-0.2, 0) is 14.8 Å². The monoisotopic (exact) mass is 393 g/mol. The summed E-state index contributed by atoms with van der Waals surface area (Å²) in [5, 5.41) is 0.631. The molecule has 2 aliphatic rings. The van der Waals surface area contributed by atoms with Crippen molar-refractivity contribution in [3.8, 4) is 11.5 Å². The Bertz CT molecular complexity index is 855. The second-order valence-electron chi connectivity index (χ2n) is 6.77. The molecule has 0 radical (unpaired) electrons. The van der Waals surface area contributed by atoms with Gasteiger partial charge in [-0.3, -0.25) is 0 Å². The molecule has 2 aromatic rings. The van der Waals surface area contributed by atoms with Crippen LogP contribution in [0.15, 0.2) is 53.4 Å². The third kappa shape index (κ3) is 4.04. The fraction of sp³-hybridized carbons (Fsp3) is 0.368. The van der Waals surface area contributed by atoms with Crippen molar-refractivity contribution >= 4 is 21.6 Å². The molecule has 2 atom stereocenters. The smallest absolute Gasteiger partial charge is 0.240 e. The number of sulfonamides is 1. The van der Waals surface area contributed by atoms with Gasteiger partial charge in [-0.05, 0) is 74.2 Å². The number of hydrogen-bond acceptors (Lipinski definition) is 4. The van der Waals surface area contributed by atoms with Gasteiger partial charge in [-0.1, -0.05) is 11.6 Å². The molecule has 2 heterocycles. The first-order valence-electron chi connectivity index (χ1n) is 8.69. The summed E-state index contributed by atoms with van der Waals surface area (Å²) in [4.78, 5) is 0.236. The van der Waals surface area contributed by atoms with Gasteiger partial charge < -0.3 is 9.47 Å². The van der Waals surface area contributed by atoms with E-state index < -0.39 is 10.0 Å². The molecule has 138 valence electrons. The molecular formula is C19H20ClNO4S. The Hall–Kier alpha value is -1.60. The Morgan fingerprint density at radius 3 is 2.04 bits per heavy atom. The molecule has 2 aliphatic heterocycles. The Labute approximate surface area is 158 Å². The van der Waals surface area contributed by atoms with E-state index in [0.717, 1.165) is 25.7 Å². The molecule has 1 N–H and O–H groups in total. The van der Waals surface area contributed by atoms with Crippen LogP contribution >= 0.6 is 11.6 Å². The number of hydrogen-bond donors (Lipinski definition) is 1. The van der Waals surface area contributed by atoms with Crippen molar-refractivity contribution in [2.45, 2.75) is 48.8 Å². The highest BCUT2D eigenvalue weighted by atomic mass is 35.5. The summed E-state index contributed by atoms with van der Waals surface area (Å²) >= 11 is 5.85. The average molecular weight is 394 g/mol. The first-order chi connectivity index (χ1) is 12.5. The molecule has 2 unspecified atom stereocenters. The van der Waals surface area contributed by atoms with Crippen molar-refractivity contribution in [3.05, 3.63) is 53.6 Å². The Balaban J connectivity index is 1.42. The largest absolute Gasteiger partial charge is 0.457 e. The van der Waals surface area contributed by atoms with Crippen LogP contribution in [0, 0.1) is 0 Å². The van der Waals surface area contributed by atoms with E-state index in [1.54, 1.807) is 48.5 Å². The Kier molecular flexibility index (Phi) is 4.92. The zero-order valence-corrected chi connectivity index (χ0v) is 15.7. The van der Waals surface area contributed by atoms with Gasteiger partial charge in [-0.25, -0.2) is 13.1 Å². The molecule has 26 heavy (non-hydrogen) atoms. The SMILES string of the molecule is O=S(=O)(NC1CC2CCC(C1)O2)c1ccc(Oc2ccc(Cl)cc2)cc1. The molecule has 2 bridgehead atoms. The van der Waals surface area contributed by atoms with Crippen molar-refractivity contribution in [2.24, 2.45) is 0 Å². The lowest BCUT2D eigenvalue weighted by atomic mass is 10.1. The van der Waals surface area contributed by atoms with Gasteiger partial charge in [-0.2, -0.15) is 0 Å². The van der Waals surface area contributed by atoms with Crippen LogP contribution < -0.4 is 9.46 Å². The molecule has 0 saturated carbocycles. The topological polar surface area (TPSA) is 64.6 Å². The van der Waals surface area contributed by atoms with E-state index in [0.29, 0.717) is 16.5 Å². The normalized spacial score (nSPS) is 25.2. The standard InChI is InChI=1S/C19H20ClNO4S/c20-13-1-3-15(4-2-13)24-16-7-9-19(10-8-16)26(22,23)21-14-11-17-5-6-18(12-14)25-17/h1-4,7-10,14,17-18,21H,5-6,11-12H2. The molecule has 0 aromatic heterocycles. The third-order valence-corrected chi connectivity index (χ3v) is 6.58. The van der Waals surface area contributed by atoms with E-state index in [4.69, 9.17) is 21.1 Å². The second kappa shape index (κ2) is 7.19. The third-order valence-electron chi connectivity index (χ3n) is 4.80. The minimum Gasteiger partial charge on any atom is -0.457 e. The quantitative estimate of drug-likeness (QED) is 0.829. The fourth-order valence-corrected chi connectivity index (χ4v) is 4.95. The summed E-state index contributed by atoms with van der Waals surface area (Å²) in [5.74, 6) is 1.20. The van der Waals surface area contributed by atoms with Crippen LogP contribution in [0.2, 0.25) is 5.02 Å². The molecule has 0 aliphatic carbocycles. The first-order valence-corrected chi connectivity index (χ1v) is 10.6. The second-order valence-corrected chi connectivity index (χ2v) is 8.92. The predicted molar refractivity (Wildman–Crippen MR) is 99.2 cm³/mol. The molecule has 7 heteroatoms. The minimum atomic E-state index is -3.55. The van der Waals surface area contributed by atoms with Gasteiger partial charge in [0.2, 0.25) is 10.0 Å². The number of nitrogens with one attached hydrogen (secondary N) is 1. The van der Waals surface area contributed by atoms with Crippen LogP contribution in [0.5, 0.6) is 11.5 Å².